The summed E-state index contributed by atoms with van der Waals surface area (Å²) < 4.78 is 7.88. The van der Waals surface area contributed by atoms with Crippen LogP contribution in [0.25, 0.3) is 0 Å². The summed E-state index contributed by atoms with van der Waals surface area (Å²) in [5, 5.41) is 21.7. The first kappa shape index (κ1) is 11.8. The number of carboxylic acid groups (broad SMARTS) is 1. The van der Waals surface area contributed by atoms with Gasteiger partial charge in [0.05, 0.1) is 7.11 Å². The van der Waals surface area contributed by atoms with Crippen molar-refractivity contribution >= 4 is 34.4 Å². The number of aliphatic carboxylic acids is 1. The molecule has 0 saturated carbocycles. The van der Waals surface area contributed by atoms with Gasteiger partial charge in [-0.25, -0.2) is 9.59 Å². The molecule has 0 aliphatic heterocycles. The second-order valence-electron chi connectivity index (χ2n) is 2.29. The number of carbonyl (C=O) groups is 2. The van der Waals surface area contributed by atoms with Crippen molar-refractivity contribution in [2.45, 2.75) is 0 Å². The fourth-order valence-electron chi connectivity index (χ4n) is 0.692. The Labute approximate surface area is 92.5 Å². The van der Waals surface area contributed by atoms with Crippen LogP contribution in [0.15, 0.2) is 5.16 Å². The van der Waals surface area contributed by atoms with Gasteiger partial charge in [-0.15, -0.1) is 0 Å². The highest BCUT2D eigenvalue weighted by molar-refractivity contribution is 7.10. The predicted octanol–water partition coefficient (Wildman–Crippen LogP) is -0.0207. The van der Waals surface area contributed by atoms with Gasteiger partial charge in [0.15, 0.2) is 0 Å². The molecule has 0 aromatic carbocycles. The molecule has 9 nitrogen and oxygen atoms in total. The molecule has 0 aliphatic rings. The number of nitrogens with zero attached hydrogens (tertiary/aromatic N) is 3. The molecule has 16 heavy (non-hydrogen) atoms. The second-order valence-corrected chi connectivity index (χ2v) is 3.05. The van der Waals surface area contributed by atoms with Crippen molar-refractivity contribution in [2.75, 3.05) is 12.4 Å². The summed E-state index contributed by atoms with van der Waals surface area (Å²) in [5.74, 6) is -1.78. The van der Waals surface area contributed by atoms with E-state index in [2.05, 4.69) is 24.6 Å². The highest BCUT2D eigenvalue weighted by Gasteiger charge is 2.19. The fourth-order valence-corrected chi connectivity index (χ4v) is 1.25. The summed E-state index contributed by atoms with van der Waals surface area (Å²) >= 11 is 0.726. The van der Waals surface area contributed by atoms with Crippen molar-refractivity contribution in [1.82, 2.24) is 9.36 Å². The molecule has 3 N–H and O–H groups in total. The molecule has 1 heterocycles. The van der Waals surface area contributed by atoms with Crippen LogP contribution >= 0.6 is 11.5 Å². The predicted molar refractivity (Wildman–Crippen MR) is 51.9 cm³/mol. The molecule has 0 saturated heterocycles. The van der Waals surface area contributed by atoms with Crippen molar-refractivity contribution in [3.8, 4) is 0 Å². The van der Waals surface area contributed by atoms with E-state index in [1.165, 1.54) is 0 Å². The van der Waals surface area contributed by atoms with Crippen molar-refractivity contribution in [3.05, 3.63) is 5.82 Å². The summed E-state index contributed by atoms with van der Waals surface area (Å²) in [6.45, 7) is 0. The summed E-state index contributed by atoms with van der Waals surface area (Å²) in [6, 6.07) is 0. The first-order valence-electron chi connectivity index (χ1n) is 3.73. The van der Waals surface area contributed by atoms with Crippen molar-refractivity contribution in [3.63, 3.8) is 0 Å². The minimum atomic E-state index is -1.48. The van der Waals surface area contributed by atoms with Crippen LogP contribution in [0.4, 0.5) is 9.93 Å². The van der Waals surface area contributed by atoms with Gasteiger partial charge in [0.1, 0.15) is 0 Å². The lowest BCUT2D eigenvalue weighted by atomic mass is 10.4. The van der Waals surface area contributed by atoms with Gasteiger partial charge in [0.25, 0.3) is 0 Å². The Bertz CT molecular complexity index is 442. The average Bonchev–Trinajstić information content (AvgIpc) is 2.66. The van der Waals surface area contributed by atoms with Crippen LogP contribution in [0.1, 0.15) is 5.82 Å². The minimum absolute atomic E-state index is 0.0317. The third-order valence-electron chi connectivity index (χ3n) is 1.33. The van der Waals surface area contributed by atoms with Gasteiger partial charge in [0.2, 0.25) is 16.7 Å². The number of oxime groups is 1. The van der Waals surface area contributed by atoms with E-state index in [4.69, 9.17) is 10.3 Å². The first-order valence-corrected chi connectivity index (χ1v) is 4.50. The van der Waals surface area contributed by atoms with Crippen LogP contribution in [0, 0.1) is 0 Å². The Morgan fingerprint density at radius 1 is 1.56 bits per heavy atom. The molecule has 0 fully saturated rings. The van der Waals surface area contributed by atoms with E-state index in [1.807, 2.05) is 0 Å². The van der Waals surface area contributed by atoms with Crippen LogP contribution in [-0.4, -0.2) is 44.6 Å². The Kier molecular flexibility index (Phi) is 3.72. The highest BCUT2D eigenvalue weighted by atomic mass is 32.1. The molecule has 0 aliphatic carbocycles. The maximum atomic E-state index is 10.8. The molecule has 1 aromatic heterocycles. The van der Waals surface area contributed by atoms with Crippen LogP contribution < -0.4 is 5.32 Å². The zero-order valence-corrected chi connectivity index (χ0v) is 8.69. The topological polar surface area (TPSA) is 134 Å². The van der Waals surface area contributed by atoms with Crippen LogP contribution in [0.2, 0.25) is 0 Å². The largest absolute Gasteiger partial charge is 0.476 e. The number of nitrogens with one attached hydrogen (secondary N) is 1. The average molecular weight is 246 g/mol. The molecule has 10 heteroatoms. The third-order valence-corrected chi connectivity index (χ3v) is 1.97. The van der Waals surface area contributed by atoms with Crippen molar-refractivity contribution < 1.29 is 24.6 Å². The molecule has 0 radical (unpaired) electrons. The lowest BCUT2D eigenvalue weighted by molar-refractivity contribution is -0.129. The molecule has 86 valence electrons. The monoisotopic (exact) mass is 246 g/mol. The molecule has 0 spiro atoms. The highest BCUT2D eigenvalue weighted by Crippen LogP contribution is 2.11. The van der Waals surface area contributed by atoms with Gasteiger partial charge >= 0.3 is 12.1 Å². The number of hydrogen-bond acceptors (Lipinski definition) is 8. The molecular weight excluding hydrogens is 240 g/mol. The van der Waals surface area contributed by atoms with Gasteiger partial charge in [0, 0.05) is 11.5 Å². The van der Waals surface area contributed by atoms with Crippen molar-refractivity contribution in [2.24, 2.45) is 5.16 Å². The zero-order chi connectivity index (χ0) is 12.1. The maximum absolute atomic E-state index is 10.8. The van der Waals surface area contributed by atoms with Crippen LogP contribution in [0.5, 0.6) is 0 Å². The fraction of sp³-hybridized carbons (Fsp3) is 0.167. The van der Waals surface area contributed by atoms with Crippen LogP contribution in [-0.2, 0) is 9.53 Å². The van der Waals surface area contributed by atoms with E-state index in [0.29, 0.717) is 0 Å². The smallest absolute Gasteiger partial charge is 0.413 e. The normalized spacial score (nSPS) is 10.9. The third kappa shape index (κ3) is 2.63. The summed E-state index contributed by atoms with van der Waals surface area (Å²) in [5.41, 5.74) is -0.714. The van der Waals surface area contributed by atoms with Crippen LogP contribution in [0.3, 0.4) is 0 Å². The van der Waals surface area contributed by atoms with Gasteiger partial charge in [-0.3, -0.25) is 5.32 Å². The number of aromatic nitrogens is 2. The van der Waals surface area contributed by atoms with Gasteiger partial charge < -0.3 is 15.1 Å². The van der Waals surface area contributed by atoms with E-state index in [9.17, 15) is 9.59 Å². The lowest BCUT2D eigenvalue weighted by Gasteiger charge is -1.96. The Balaban J connectivity index is 2.86. The van der Waals surface area contributed by atoms with Crippen molar-refractivity contribution in [1.29, 1.82) is 0 Å². The number of carbonyl (C=O) groups excluding carboxylic acids is 1. The molecule has 0 bridgehead atoms. The number of ether oxygens (including phenoxy) is 1. The van der Waals surface area contributed by atoms with Gasteiger partial charge in [-0.05, 0) is 0 Å². The SMILES string of the molecule is COC(=O)Nc1nc(C(=NO)C(=O)O)ns1. The Morgan fingerprint density at radius 3 is 2.75 bits per heavy atom. The number of amides is 1. The lowest BCUT2D eigenvalue weighted by Crippen LogP contribution is -2.16. The molecule has 0 atom stereocenters. The number of hydrogen-bond donors (Lipinski definition) is 3. The summed E-state index contributed by atoms with van der Waals surface area (Å²) in [6.07, 6.45) is -0.763. The van der Waals surface area contributed by atoms with Gasteiger partial charge in [-0.2, -0.15) is 9.36 Å². The Morgan fingerprint density at radius 2 is 2.25 bits per heavy atom. The number of carboxylic acids is 1. The van der Waals surface area contributed by atoms with E-state index in [0.717, 1.165) is 18.6 Å². The summed E-state index contributed by atoms with van der Waals surface area (Å²) in [4.78, 5) is 24.9. The Hall–Kier alpha value is -2.23. The minimum Gasteiger partial charge on any atom is -0.476 e. The van der Waals surface area contributed by atoms with Gasteiger partial charge in [-0.1, -0.05) is 5.16 Å². The summed E-state index contributed by atoms with van der Waals surface area (Å²) in [7, 11) is 1.16. The standard InChI is InChI=1S/C6H6N4O5S/c1-15-6(13)8-5-7-3(10-16-5)2(9-14)4(11)12/h14H,1H3,(H,11,12)(H,7,8,10,13). The van der Waals surface area contributed by atoms with E-state index in [1.54, 1.807) is 0 Å². The molecular formula is C6H6N4O5S. The molecule has 1 amide bonds. The maximum Gasteiger partial charge on any atom is 0.413 e. The molecule has 0 unspecified atom stereocenters. The number of anilines is 1. The first-order chi connectivity index (χ1) is 7.58. The van der Waals surface area contributed by atoms with E-state index < -0.39 is 17.8 Å². The molecule has 1 rings (SSSR count). The zero-order valence-electron chi connectivity index (χ0n) is 7.87. The quantitative estimate of drug-likeness (QED) is 0.387. The second kappa shape index (κ2) is 5.02. The molecule has 1 aromatic rings. The number of methoxy groups -OCH3 is 1. The van der Waals surface area contributed by atoms with E-state index >= 15 is 0 Å². The number of rotatable bonds is 3. The van der Waals surface area contributed by atoms with E-state index in [-0.39, 0.29) is 11.0 Å².